The van der Waals surface area contributed by atoms with E-state index in [1.165, 1.54) is 0 Å². The molecule has 2 N–H and O–H groups in total. The van der Waals surface area contributed by atoms with E-state index in [0.717, 1.165) is 0 Å². The lowest BCUT2D eigenvalue weighted by Gasteiger charge is -2.14. The van der Waals surface area contributed by atoms with Gasteiger partial charge in [0.2, 0.25) is 5.75 Å². The molecule has 0 unspecified atom stereocenters. The fourth-order valence-corrected chi connectivity index (χ4v) is 1.33. The maximum atomic E-state index is 11.3. The van der Waals surface area contributed by atoms with Gasteiger partial charge in [-0.25, -0.2) is 4.79 Å². The van der Waals surface area contributed by atoms with E-state index in [2.05, 4.69) is 9.97 Å². The number of nitrogens with zero attached hydrogens (tertiary/aromatic N) is 1. The molecule has 0 saturated carbocycles. The Morgan fingerprint density at radius 2 is 2.27 bits per heavy atom. The Hall–Kier alpha value is -1.76. The van der Waals surface area contributed by atoms with Crippen LogP contribution in [0.25, 0.3) is 0 Å². The summed E-state index contributed by atoms with van der Waals surface area (Å²) >= 11 is 0. The minimum Gasteiger partial charge on any atom is -0.464 e. The molecule has 7 heteroatoms. The van der Waals surface area contributed by atoms with Crippen molar-refractivity contribution >= 4 is 5.82 Å². The molecule has 0 aromatic carbocycles. The second-order valence-electron chi connectivity index (χ2n) is 3.02. The van der Waals surface area contributed by atoms with Crippen molar-refractivity contribution in [2.75, 3.05) is 25.0 Å². The predicted molar refractivity (Wildman–Crippen MR) is 52.2 cm³/mol. The van der Waals surface area contributed by atoms with Crippen LogP contribution < -0.4 is 20.9 Å². The van der Waals surface area contributed by atoms with Gasteiger partial charge in [-0.3, -0.25) is 19.7 Å². The van der Waals surface area contributed by atoms with E-state index in [1.807, 2.05) is 6.92 Å². The molecule has 0 fully saturated rings. The van der Waals surface area contributed by atoms with Gasteiger partial charge in [0.05, 0.1) is 0 Å². The Bertz CT molecular complexity index is 464. The maximum absolute atomic E-state index is 11.3. The Balaban J connectivity index is 2.33. The minimum atomic E-state index is -0.550. The number of aromatic amines is 2. The van der Waals surface area contributed by atoms with Gasteiger partial charge in [-0.1, -0.05) is 0 Å². The molecule has 0 radical (unpaired) electrons. The molecular formula is C8H11N3O4. The molecule has 1 aromatic rings. The van der Waals surface area contributed by atoms with E-state index >= 15 is 0 Å². The highest BCUT2D eigenvalue weighted by Gasteiger charge is 2.24. The number of hydrogen-bond donors (Lipinski definition) is 2. The van der Waals surface area contributed by atoms with E-state index in [-0.39, 0.29) is 19.2 Å². The third-order valence-electron chi connectivity index (χ3n) is 2.01. The van der Waals surface area contributed by atoms with Gasteiger partial charge in [0, 0.05) is 6.61 Å². The first-order valence-electron chi connectivity index (χ1n) is 4.54. The zero-order chi connectivity index (χ0) is 10.8. The van der Waals surface area contributed by atoms with Crippen LogP contribution in [0.5, 0.6) is 5.75 Å². The zero-order valence-corrected chi connectivity index (χ0v) is 8.20. The van der Waals surface area contributed by atoms with Crippen molar-refractivity contribution in [1.82, 2.24) is 9.97 Å². The molecule has 0 atom stereocenters. The quantitative estimate of drug-likeness (QED) is 0.687. The first kappa shape index (κ1) is 9.78. The highest BCUT2D eigenvalue weighted by atomic mass is 16.5. The number of anilines is 1. The van der Waals surface area contributed by atoms with Crippen LogP contribution in [0.15, 0.2) is 9.59 Å². The van der Waals surface area contributed by atoms with Crippen molar-refractivity contribution in [1.29, 1.82) is 0 Å². The fourth-order valence-electron chi connectivity index (χ4n) is 1.33. The standard InChI is InChI=1S/C8H11N3O4/c1-2-14-3-11-4-15-5-6(11)9-8(13)10-7(5)12/h2-4H2,1H3,(H2,9,10,12,13). The summed E-state index contributed by atoms with van der Waals surface area (Å²) in [5.74, 6) is 0.506. The summed E-state index contributed by atoms with van der Waals surface area (Å²) in [5, 5.41) is 0. The minimum absolute atomic E-state index is 0.134. The normalized spacial score (nSPS) is 13.8. The van der Waals surface area contributed by atoms with E-state index in [4.69, 9.17) is 9.47 Å². The van der Waals surface area contributed by atoms with Crippen LogP contribution in [0.1, 0.15) is 6.92 Å². The molecule has 1 aromatic heterocycles. The molecule has 2 rings (SSSR count). The summed E-state index contributed by atoms with van der Waals surface area (Å²) in [7, 11) is 0. The molecule has 0 bridgehead atoms. The van der Waals surface area contributed by atoms with Crippen molar-refractivity contribution in [2.45, 2.75) is 6.92 Å². The fraction of sp³-hybridized carbons (Fsp3) is 0.500. The third-order valence-corrected chi connectivity index (χ3v) is 2.01. The van der Waals surface area contributed by atoms with Crippen LogP contribution in [-0.2, 0) is 4.74 Å². The molecule has 0 saturated heterocycles. The Labute approximate surface area is 84.6 Å². The van der Waals surface area contributed by atoms with Crippen molar-refractivity contribution in [2.24, 2.45) is 0 Å². The highest BCUT2D eigenvalue weighted by molar-refractivity contribution is 5.53. The van der Waals surface area contributed by atoms with Crippen LogP contribution in [0.3, 0.4) is 0 Å². The molecule has 0 spiro atoms. The van der Waals surface area contributed by atoms with Gasteiger partial charge < -0.3 is 9.47 Å². The average Bonchev–Trinajstić information content (AvgIpc) is 2.58. The molecule has 82 valence electrons. The average molecular weight is 213 g/mol. The monoisotopic (exact) mass is 213 g/mol. The summed E-state index contributed by atoms with van der Waals surface area (Å²) < 4.78 is 10.3. The highest BCUT2D eigenvalue weighted by Crippen LogP contribution is 2.25. The summed E-state index contributed by atoms with van der Waals surface area (Å²) in [5.41, 5.74) is -1.07. The molecule has 0 aliphatic carbocycles. The maximum Gasteiger partial charge on any atom is 0.327 e. The number of nitrogens with one attached hydrogen (secondary N) is 2. The first-order chi connectivity index (χ1) is 7.22. The van der Waals surface area contributed by atoms with Crippen LogP contribution >= 0.6 is 0 Å². The Morgan fingerprint density at radius 3 is 3.00 bits per heavy atom. The van der Waals surface area contributed by atoms with Crippen LogP contribution in [0, 0.1) is 0 Å². The topological polar surface area (TPSA) is 87.4 Å². The summed E-state index contributed by atoms with van der Waals surface area (Å²) in [6.07, 6.45) is 0. The van der Waals surface area contributed by atoms with Crippen molar-refractivity contribution < 1.29 is 9.47 Å². The second-order valence-corrected chi connectivity index (χ2v) is 3.02. The molecule has 0 amide bonds. The number of ether oxygens (including phenoxy) is 2. The second kappa shape index (κ2) is 3.77. The molecular weight excluding hydrogens is 202 g/mol. The summed E-state index contributed by atoms with van der Waals surface area (Å²) in [6, 6.07) is 0. The van der Waals surface area contributed by atoms with Gasteiger partial charge in [-0.15, -0.1) is 0 Å². The Morgan fingerprint density at radius 1 is 1.47 bits per heavy atom. The predicted octanol–water partition coefficient (Wildman–Crippen LogP) is -0.786. The smallest absolute Gasteiger partial charge is 0.327 e. The lowest BCUT2D eigenvalue weighted by Crippen LogP contribution is -2.28. The molecule has 7 nitrogen and oxygen atoms in total. The van der Waals surface area contributed by atoms with Crippen molar-refractivity contribution in [3.8, 4) is 5.75 Å². The molecule has 15 heavy (non-hydrogen) atoms. The van der Waals surface area contributed by atoms with Crippen LogP contribution in [0.4, 0.5) is 5.82 Å². The van der Waals surface area contributed by atoms with Crippen molar-refractivity contribution in [3.63, 3.8) is 0 Å². The number of hydrogen-bond acceptors (Lipinski definition) is 5. The third kappa shape index (κ3) is 1.73. The van der Waals surface area contributed by atoms with Crippen molar-refractivity contribution in [3.05, 3.63) is 20.8 Å². The van der Waals surface area contributed by atoms with Gasteiger partial charge >= 0.3 is 5.69 Å². The van der Waals surface area contributed by atoms with Crippen LogP contribution in [-0.4, -0.2) is 30.0 Å². The van der Waals surface area contributed by atoms with Gasteiger partial charge in [0.25, 0.3) is 5.56 Å². The first-order valence-corrected chi connectivity index (χ1v) is 4.54. The SMILES string of the molecule is CCOCN1COc2c1[nH]c(=O)[nH]c2=O. The number of aromatic nitrogens is 2. The van der Waals surface area contributed by atoms with Crippen LogP contribution in [0.2, 0.25) is 0 Å². The Kier molecular flexibility index (Phi) is 2.46. The molecule has 1 aliphatic heterocycles. The molecule has 1 aliphatic rings. The number of H-pyrrole nitrogens is 2. The van der Waals surface area contributed by atoms with Gasteiger partial charge in [0.1, 0.15) is 6.73 Å². The van der Waals surface area contributed by atoms with E-state index in [1.54, 1.807) is 4.90 Å². The number of rotatable bonds is 3. The van der Waals surface area contributed by atoms with Gasteiger partial charge in [-0.05, 0) is 6.92 Å². The molecule has 2 heterocycles. The largest absolute Gasteiger partial charge is 0.464 e. The van der Waals surface area contributed by atoms with Gasteiger partial charge in [0.15, 0.2) is 12.5 Å². The summed E-state index contributed by atoms with van der Waals surface area (Å²) in [4.78, 5) is 28.5. The van der Waals surface area contributed by atoms with E-state index in [0.29, 0.717) is 12.4 Å². The summed E-state index contributed by atoms with van der Waals surface area (Å²) in [6.45, 7) is 2.90. The van der Waals surface area contributed by atoms with E-state index in [9.17, 15) is 9.59 Å². The lowest BCUT2D eigenvalue weighted by molar-refractivity contribution is 0.139. The number of fused-ring (bicyclic) bond motifs is 1. The zero-order valence-electron chi connectivity index (χ0n) is 8.20. The lowest BCUT2D eigenvalue weighted by atomic mass is 10.5. The van der Waals surface area contributed by atoms with E-state index < -0.39 is 11.2 Å². The van der Waals surface area contributed by atoms with Gasteiger partial charge in [-0.2, -0.15) is 0 Å².